The Morgan fingerprint density at radius 3 is 2.29 bits per heavy atom. The molecule has 0 bridgehead atoms. The van der Waals surface area contributed by atoms with Crippen molar-refractivity contribution in [1.82, 2.24) is 19.4 Å². The number of rotatable bonds is 6. The van der Waals surface area contributed by atoms with Crippen LogP contribution in [0.1, 0.15) is 73.6 Å². The van der Waals surface area contributed by atoms with Gasteiger partial charge in [0.15, 0.2) is 0 Å². The van der Waals surface area contributed by atoms with Gasteiger partial charge in [0.1, 0.15) is 0 Å². The molecule has 1 aromatic carbocycles. The maximum absolute atomic E-state index is 9.10. The van der Waals surface area contributed by atoms with Crippen LogP contribution in [0.25, 0.3) is 5.69 Å². The van der Waals surface area contributed by atoms with Gasteiger partial charge < -0.3 is 24.7 Å². The molecule has 1 fully saturated rings. The van der Waals surface area contributed by atoms with Crippen LogP contribution in [0.4, 0.5) is 0 Å². The van der Waals surface area contributed by atoms with E-state index in [1.807, 2.05) is 23.3 Å². The van der Waals surface area contributed by atoms with E-state index in [0.29, 0.717) is 12.1 Å². The Hall–Kier alpha value is -3.39. The third-order valence-corrected chi connectivity index (χ3v) is 6.51. The van der Waals surface area contributed by atoms with E-state index >= 15 is 0 Å². The zero-order valence-electron chi connectivity index (χ0n) is 20.1. The second-order valence-corrected chi connectivity index (χ2v) is 8.83. The van der Waals surface area contributed by atoms with Crippen molar-refractivity contribution in [3.63, 3.8) is 0 Å². The van der Waals surface area contributed by atoms with Crippen molar-refractivity contribution in [2.24, 2.45) is 0 Å². The highest BCUT2D eigenvalue weighted by Gasteiger charge is 2.20. The molecule has 0 radical (unpaired) electrons. The Bertz CT molecular complexity index is 1070. The lowest BCUT2D eigenvalue weighted by molar-refractivity contribution is -0.159. The second kappa shape index (κ2) is 11.7. The van der Waals surface area contributed by atoms with Crippen LogP contribution < -0.4 is 5.32 Å². The number of carbonyl (C=O) groups is 2. The number of aromatic nitrogens is 3. The lowest BCUT2D eigenvalue weighted by Crippen LogP contribution is -2.19. The van der Waals surface area contributed by atoms with Crippen LogP contribution in [-0.2, 0) is 16.1 Å². The fraction of sp³-hybridized carbons (Fsp3) is 0.423. The van der Waals surface area contributed by atoms with E-state index in [-0.39, 0.29) is 0 Å². The average Bonchev–Trinajstić information content (AvgIpc) is 3.46. The summed E-state index contributed by atoms with van der Waals surface area (Å²) in [6.45, 7) is 7.72. The van der Waals surface area contributed by atoms with Gasteiger partial charge in [-0.15, -0.1) is 0 Å². The van der Waals surface area contributed by atoms with Crippen LogP contribution in [-0.4, -0.2) is 36.3 Å². The van der Waals surface area contributed by atoms with E-state index < -0.39 is 11.9 Å². The molecule has 2 aromatic heterocycles. The van der Waals surface area contributed by atoms with Crippen molar-refractivity contribution in [3.8, 4) is 5.69 Å². The smallest absolute Gasteiger partial charge is 0.414 e. The van der Waals surface area contributed by atoms with Gasteiger partial charge in [0.25, 0.3) is 0 Å². The SMILES string of the molecule is Cc1cc(CNC(C)c2ccc(-n3ccnc3)cc2)c(C)n1C1CCCCC1.O=C(O)C(=O)O. The van der Waals surface area contributed by atoms with Crippen molar-refractivity contribution < 1.29 is 19.8 Å². The van der Waals surface area contributed by atoms with E-state index in [1.54, 1.807) is 0 Å². The number of nitrogens with zero attached hydrogens (tertiary/aromatic N) is 3. The number of hydrogen-bond donors (Lipinski definition) is 3. The first-order valence-electron chi connectivity index (χ1n) is 11.7. The van der Waals surface area contributed by atoms with Gasteiger partial charge in [0.05, 0.1) is 6.33 Å². The molecule has 0 saturated heterocycles. The Morgan fingerprint density at radius 1 is 1.09 bits per heavy atom. The molecule has 3 N–H and O–H groups in total. The highest BCUT2D eigenvalue weighted by Crippen LogP contribution is 2.32. The zero-order chi connectivity index (χ0) is 24.7. The van der Waals surface area contributed by atoms with Gasteiger partial charge in [-0.1, -0.05) is 31.4 Å². The van der Waals surface area contributed by atoms with Crippen molar-refractivity contribution >= 4 is 11.9 Å². The summed E-state index contributed by atoms with van der Waals surface area (Å²) in [6, 6.07) is 12.1. The Kier molecular flexibility index (Phi) is 8.65. The van der Waals surface area contributed by atoms with Gasteiger partial charge in [0, 0.05) is 48.1 Å². The maximum Gasteiger partial charge on any atom is 0.414 e. The predicted molar refractivity (Wildman–Crippen MR) is 130 cm³/mol. The molecule has 1 atom stereocenters. The van der Waals surface area contributed by atoms with Crippen molar-refractivity contribution in [3.05, 3.63) is 71.6 Å². The number of benzene rings is 1. The quantitative estimate of drug-likeness (QED) is 0.450. The monoisotopic (exact) mass is 466 g/mol. The number of aliphatic carboxylic acids is 2. The number of imidazole rings is 1. The minimum Gasteiger partial charge on any atom is -0.473 e. The Balaban J connectivity index is 0.000000481. The summed E-state index contributed by atoms with van der Waals surface area (Å²) in [5.74, 6) is -3.65. The molecule has 8 nitrogen and oxygen atoms in total. The molecule has 1 saturated carbocycles. The molecule has 1 unspecified atom stereocenters. The molecule has 4 rings (SSSR count). The highest BCUT2D eigenvalue weighted by atomic mass is 16.4. The van der Waals surface area contributed by atoms with E-state index in [9.17, 15) is 0 Å². The highest BCUT2D eigenvalue weighted by molar-refractivity contribution is 6.27. The molecule has 34 heavy (non-hydrogen) atoms. The third-order valence-electron chi connectivity index (χ3n) is 6.51. The largest absolute Gasteiger partial charge is 0.473 e. The summed E-state index contributed by atoms with van der Waals surface area (Å²) >= 11 is 0. The molecule has 8 heteroatoms. The van der Waals surface area contributed by atoms with Gasteiger partial charge in [-0.3, -0.25) is 0 Å². The number of carboxylic acid groups (broad SMARTS) is 2. The molecule has 3 aromatic rings. The van der Waals surface area contributed by atoms with Crippen LogP contribution in [0.15, 0.2) is 49.1 Å². The molecular formula is C26H34N4O4. The van der Waals surface area contributed by atoms with Gasteiger partial charge in [-0.2, -0.15) is 0 Å². The molecule has 0 amide bonds. The first-order chi connectivity index (χ1) is 16.3. The third kappa shape index (κ3) is 6.35. The summed E-state index contributed by atoms with van der Waals surface area (Å²) in [5.41, 5.74) is 6.75. The molecule has 2 heterocycles. The molecule has 0 spiro atoms. The van der Waals surface area contributed by atoms with E-state index in [4.69, 9.17) is 19.8 Å². The topological polar surface area (TPSA) is 109 Å². The van der Waals surface area contributed by atoms with Crippen LogP contribution in [0.5, 0.6) is 0 Å². The van der Waals surface area contributed by atoms with Crippen LogP contribution in [0.3, 0.4) is 0 Å². The van der Waals surface area contributed by atoms with Crippen LogP contribution in [0.2, 0.25) is 0 Å². The van der Waals surface area contributed by atoms with E-state index in [1.165, 1.54) is 54.6 Å². The summed E-state index contributed by atoms with van der Waals surface area (Å²) < 4.78 is 4.63. The molecular weight excluding hydrogens is 432 g/mol. The molecule has 0 aliphatic heterocycles. The molecule has 1 aliphatic carbocycles. The number of nitrogens with one attached hydrogen (secondary N) is 1. The summed E-state index contributed by atoms with van der Waals surface area (Å²) in [6.07, 6.45) is 12.4. The number of hydrogen-bond acceptors (Lipinski definition) is 4. The fourth-order valence-corrected chi connectivity index (χ4v) is 4.65. The van der Waals surface area contributed by atoms with Gasteiger partial charge in [-0.05, 0) is 62.9 Å². The Morgan fingerprint density at radius 2 is 1.74 bits per heavy atom. The van der Waals surface area contributed by atoms with Crippen molar-refractivity contribution in [1.29, 1.82) is 0 Å². The fourth-order valence-electron chi connectivity index (χ4n) is 4.65. The van der Waals surface area contributed by atoms with E-state index in [0.717, 1.165) is 12.2 Å². The van der Waals surface area contributed by atoms with Gasteiger partial charge in [-0.25, -0.2) is 14.6 Å². The minimum absolute atomic E-state index is 0.314. The number of carboxylic acids is 2. The normalized spacial score (nSPS) is 14.8. The first kappa shape index (κ1) is 25.2. The Labute approximate surface area is 200 Å². The summed E-state index contributed by atoms with van der Waals surface area (Å²) in [7, 11) is 0. The average molecular weight is 467 g/mol. The van der Waals surface area contributed by atoms with Crippen LogP contribution in [0, 0.1) is 13.8 Å². The maximum atomic E-state index is 9.10. The molecule has 182 valence electrons. The number of aryl methyl sites for hydroxylation is 1. The lowest BCUT2D eigenvalue weighted by Gasteiger charge is -2.26. The predicted octanol–water partition coefficient (Wildman–Crippen LogP) is 4.80. The molecule has 1 aliphatic rings. The van der Waals surface area contributed by atoms with Gasteiger partial charge in [0.2, 0.25) is 0 Å². The zero-order valence-corrected chi connectivity index (χ0v) is 20.1. The van der Waals surface area contributed by atoms with E-state index in [2.05, 4.69) is 66.0 Å². The van der Waals surface area contributed by atoms with Gasteiger partial charge >= 0.3 is 11.9 Å². The summed E-state index contributed by atoms with van der Waals surface area (Å²) in [4.78, 5) is 22.3. The van der Waals surface area contributed by atoms with Crippen molar-refractivity contribution in [2.75, 3.05) is 0 Å². The van der Waals surface area contributed by atoms with Crippen molar-refractivity contribution in [2.45, 2.75) is 71.5 Å². The van der Waals surface area contributed by atoms with Crippen LogP contribution >= 0.6 is 0 Å². The first-order valence-corrected chi connectivity index (χ1v) is 11.7. The lowest BCUT2D eigenvalue weighted by atomic mass is 9.95. The minimum atomic E-state index is -1.82. The second-order valence-electron chi connectivity index (χ2n) is 8.83. The standard InChI is InChI=1S/C24H32N4.C2H2O4/c1-18-15-22(20(3)28(18)24-7-5-4-6-8-24)16-26-19(2)21-9-11-23(12-10-21)27-14-13-25-17-27;3-1(4)2(5)6/h9-15,17,19,24,26H,4-8,16H2,1-3H3;(H,3,4)(H,5,6). The summed E-state index contributed by atoms with van der Waals surface area (Å²) in [5, 5.41) is 18.5.